The van der Waals surface area contributed by atoms with Gasteiger partial charge in [-0.25, -0.2) is 4.79 Å². The average Bonchev–Trinajstić information content (AvgIpc) is 2.96. The zero-order chi connectivity index (χ0) is 21.3. The molecule has 0 fully saturated rings. The minimum Gasteiger partial charge on any atom is -0.461 e. The summed E-state index contributed by atoms with van der Waals surface area (Å²) < 4.78 is 109. The Morgan fingerprint density at radius 3 is 2.29 bits per heavy atom. The van der Waals surface area contributed by atoms with E-state index in [2.05, 4.69) is 14.0 Å². The van der Waals surface area contributed by atoms with Crippen LogP contribution in [0.1, 0.15) is 23.0 Å². The van der Waals surface area contributed by atoms with Gasteiger partial charge in [0.1, 0.15) is 0 Å². The van der Waals surface area contributed by atoms with Crippen LogP contribution in [0, 0.1) is 0 Å². The van der Waals surface area contributed by atoms with Gasteiger partial charge in [-0.15, -0.1) is 0 Å². The third kappa shape index (κ3) is 4.37. The molecule has 7 nitrogen and oxygen atoms in total. The molecule has 1 aromatic heterocycles. The molecule has 14 heteroatoms. The SMILES string of the molecule is CCOC(=O)c1cc(OS(=O)(=O)C(F)(F)F)n(-c2ccccc2C(F)(F)F)n1. The molecular weight excluding hydrogens is 422 g/mol. The number of hydrogen-bond acceptors (Lipinski definition) is 6. The van der Waals surface area contributed by atoms with Crippen LogP contribution in [0.15, 0.2) is 30.3 Å². The standard InChI is InChI=1S/C14H10F6N2O5S/c1-2-26-12(23)9-7-11(27-28(24,25)14(18,19)20)22(21-9)10-6-4-3-5-8(10)13(15,16)17/h3-7H,2H2,1H3. The molecule has 0 N–H and O–H groups in total. The van der Waals surface area contributed by atoms with Crippen molar-refractivity contribution in [2.45, 2.75) is 18.6 Å². The van der Waals surface area contributed by atoms with Crippen molar-refractivity contribution in [3.8, 4) is 11.6 Å². The lowest BCUT2D eigenvalue weighted by Crippen LogP contribution is -2.29. The number of esters is 1. The van der Waals surface area contributed by atoms with E-state index in [9.17, 15) is 39.6 Å². The van der Waals surface area contributed by atoms with E-state index in [-0.39, 0.29) is 11.3 Å². The van der Waals surface area contributed by atoms with Crippen LogP contribution in [0.3, 0.4) is 0 Å². The highest BCUT2D eigenvalue weighted by Crippen LogP contribution is 2.36. The van der Waals surface area contributed by atoms with Crippen molar-refractivity contribution in [3.05, 3.63) is 41.6 Å². The van der Waals surface area contributed by atoms with E-state index in [1.54, 1.807) is 0 Å². The van der Waals surface area contributed by atoms with Crippen LogP contribution >= 0.6 is 0 Å². The molecule has 0 saturated heterocycles. The van der Waals surface area contributed by atoms with Gasteiger partial charge in [-0.1, -0.05) is 12.1 Å². The number of carbonyl (C=O) groups is 1. The molecule has 28 heavy (non-hydrogen) atoms. The molecule has 0 amide bonds. The van der Waals surface area contributed by atoms with Gasteiger partial charge in [0, 0.05) is 6.07 Å². The van der Waals surface area contributed by atoms with Crippen molar-refractivity contribution in [3.63, 3.8) is 0 Å². The third-order valence-electron chi connectivity index (χ3n) is 3.08. The highest BCUT2D eigenvalue weighted by molar-refractivity contribution is 7.87. The third-order valence-corrected chi connectivity index (χ3v) is 4.03. The Morgan fingerprint density at radius 1 is 1.14 bits per heavy atom. The highest BCUT2D eigenvalue weighted by Gasteiger charge is 2.49. The number of halogens is 6. The molecule has 154 valence electrons. The zero-order valence-corrected chi connectivity index (χ0v) is 14.5. The molecule has 0 saturated carbocycles. The van der Waals surface area contributed by atoms with Crippen molar-refractivity contribution in [2.75, 3.05) is 6.61 Å². The van der Waals surface area contributed by atoms with Crippen LogP contribution in [0.5, 0.6) is 5.88 Å². The summed E-state index contributed by atoms with van der Waals surface area (Å²) in [6.45, 7) is 1.21. The lowest BCUT2D eigenvalue weighted by molar-refractivity contribution is -0.137. The van der Waals surface area contributed by atoms with Gasteiger partial charge >= 0.3 is 27.8 Å². The van der Waals surface area contributed by atoms with Gasteiger partial charge in [0.15, 0.2) is 5.69 Å². The van der Waals surface area contributed by atoms with Crippen LogP contribution < -0.4 is 4.18 Å². The van der Waals surface area contributed by atoms with Crippen molar-refractivity contribution >= 4 is 16.1 Å². The molecule has 0 spiro atoms. The number of benzene rings is 1. The van der Waals surface area contributed by atoms with E-state index in [0.29, 0.717) is 12.1 Å². The van der Waals surface area contributed by atoms with Crippen LogP contribution in [0.2, 0.25) is 0 Å². The molecule has 0 aliphatic carbocycles. The molecular formula is C14H10F6N2O5S. The normalized spacial score (nSPS) is 12.7. The van der Waals surface area contributed by atoms with E-state index in [0.717, 1.165) is 18.2 Å². The highest BCUT2D eigenvalue weighted by atomic mass is 32.2. The second-order valence-corrected chi connectivity index (χ2v) is 6.54. The van der Waals surface area contributed by atoms with Gasteiger partial charge in [0.05, 0.1) is 17.9 Å². The van der Waals surface area contributed by atoms with Crippen molar-refractivity contribution < 1.29 is 48.5 Å². The second kappa shape index (κ2) is 7.33. The molecule has 1 aromatic carbocycles. The Labute approximate surface area is 153 Å². The van der Waals surface area contributed by atoms with Gasteiger partial charge in [-0.2, -0.15) is 44.5 Å². The molecule has 2 rings (SSSR count). The summed E-state index contributed by atoms with van der Waals surface area (Å²) >= 11 is 0. The van der Waals surface area contributed by atoms with Crippen LogP contribution in [-0.2, 0) is 21.0 Å². The van der Waals surface area contributed by atoms with Crippen LogP contribution in [-0.4, -0.2) is 36.3 Å². The molecule has 2 aromatic rings. The summed E-state index contributed by atoms with van der Waals surface area (Å²) in [5.41, 5.74) is -8.85. The summed E-state index contributed by atoms with van der Waals surface area (Å²) in [5.74, 6) is -2.49. The summed E-state index contributed by atoms with van der Waals surface area (Å²) in [4.78, 5) is 11.7. The second-order valence-electron chi connectivity index (χ2n) is 5.00. The van der Waals surface area contributed by atoms with Crippen LogP contribution in [0.25, 0.3) is 5.69 Å². The van der Waals surface area contributed by atoms with Crippen LogP contribution in [0.4, 0.5) is 26.3 Å². The summed E-state index contributed by atoms with van der Waals surface area (Å²) in [6, 6.07) is 3.91. The van der Waals surface area contributed by atoms with Gasteiger partial charge in [-0.3, -0.25) is 0 Å². The smallest absolute Gasteiger partial charge is 0.461 e. The maximum atomic E-state index is 13.2. The van der Waals surface area contributed by atoms with E-state index in [1.165, 1.54) is 6.92 Å². The maximum absolute atomic E-state index is 13.2. The Morgan fingerprint density at radius 2 is 1.75 bits per heavy atom. The molecule has 1 heterocycles. The molecule has 0 aliphatic heterocycles. The van der Waals surface area contributed by atoms with Gasteiger partial charge in [-0.05, 0) is 19.1 Å². The number of ether oxygens (including phenoxy) is 1. The summed E-state index contributed by atoms with van der Waals surface area (Å²) in [7, 11) is -6.25. The number of carbonyl (C=O) groups excluding carboxylic acids is 1. The first-order chi connectivity index (χ1) is 12.8. The zero-order valence-electron chi connectivity index (χ0n) is 13.7. The summed E-state index contributed by atoms with van der Waals surface area (Å²) in [6.07, 6.45) is -4.97. The first-order valence-electron chi connectivity index (χ1n) is 7.22. The fraction of sp³-hybridized carbons (Fsp3) is 0.286. The Hall–Kier alpha value is -2.77. The molecule has 0 aliphatic rings. The molecule has 0 bridgehead atoms. The first-order valence-corrected chi connectivity index (χ1v) is 8.63. The fourth-order valence-electron chi connectivity index (χ4n) is 1.96. The van der Waals surface area contributed by atoms with Crippen molar-refractivity contribution in [1.82, 2.24) is 9.78 Å². The van der Waals surface area contributed by atoms with Gasteiger partial charge < -0.3 is 8.92 Å². The van der Waals surface area contributed by atoms with E-state index in [1.807, 2.05) is 0 Å². The van der Waals surface area contributed by atoms with Gasteiger partial charge in [0.2, 0.25) is 5.88 Å². The number of hydrogen-bond donors (Lipinski definition) is 0. The average molecular weight is 432 g/mol. The van der Waals surface area contributed by atoms with Crippen molar-refractivity contribution in [1.29, 1.82) is 0 Å². The predicted octanol–water partition coefficient (Wildman–Crippen LogP) is 3.30. The Bertz CT molecular complexity index is 981. The number of aromatic nitrogens is 2. The quantitative estimate of drug-likeness (QED) is 0.312. The molecule has 0 radical (unpaired) electrons. The lowest BCUT2D eigenvalue weighted by Gasteiger charge is -2.15. The summed E-state index contributed by atoms with van der Waals surface area (Å²) in [5, 5.41) is 3.42. The van der Waals surface area contributed by atoms with E-state index in [4.69, 9.17) is 0 Å². The first kappa shape index (κ1) is 21.5. The molecule has 0 unspecified atom stereocenters. The lowest BCUT2D eigenvalue weighted by atomic mass is 10.1. The fourth-order valence-corrected chi connectivity index (χ4v) is 2.40. The monoisotopic (exact) mass is 432 g/mol. The molecule has 0 atom stereocenters. The maximum Gasteiger partial charge on any atom is 0.534 e. The topological polar surface area (TPSA) is 87.5 Å². The minimum atomic E-state index is -6.25. The van der Waals surface area contributed by atoms with Gasteiger partial charge in [0.25, 0.3) is 0 Å². The largest absolute Gasteiger partial charge is 0.534 e. The minimum absolute atomic E-state index is 0.123. The van der Waals surface area contributed by atoms with E-state index < -0.39 is 50.6 Å². The Balaban J connectivity index is 2.69. The predicted molar refractivity (Wildman–Crippen MR) is 80.1 cm³/mol. The number of para-hydroxylation sites is 1. The number of rotatable bonds is 5. The number of alkyl halides is 6. The Kier molecular flexibility index (Phi) is 5.64. The number of nitrogens with zero attached hydrogens (tertiary/aromatic N) is 2. The van der Waals surface area contributed by atoms with Crippen molar-refractivity contribution in [2.24, 2.45) is 0 Å². The van der Waals surface area contributed by atoms with E-state index >= 15 is 0 Å².